The predicted molar refractivity (Wildman–Crippen MR) is 279 cm³/mol. The van der Waals surface area contributed by atoms with Gasteiger partial charge in [-0.15, -0.1) is 0 Å². The normalized spacial score (nSPS) is 22.4. The summed E-state index contributed by atoms with van der Waals surface area (Å²) in [7, 11) is -10.5. The van der Waals surface area contributed by atoms with Crippen LogP contribution in [0.15, 0.2) is 17.1 Å². The molecule has 0 bridgehead atoms. The van der Waals surface area contributed by atoms with Crippen LogP contribution >= 0.6 is 15.6 Å². The standard InChI is InChI=1S/C52H101N3O13P2/c1-38(2)17-11-19-40(5)21-13-23-42(7)25-15-27-44(9)30-33-63-35-46(64-34-31-45(10)28-16-26-43(8)24-14-22-41(6)20-12-18-39(3)4)36-65-69(59,60)68-70(61,62)66-37-47-49(56)50(57)51(67-47)55-32-29-48(53)54-52(55)58/h29,32,38-47,49-51,56-57H,11-28,30-31,33-37H2,1-10H3,(H,59,60)(H,61,62)(H2,53,54,58)/t40-,41+,42-,43+,44-,45+,46?,47+,49?,50?,51+/m0/s1. The Morgan fingerprint density at radius 3 is 1.47 bits per heavy atom. The zero-order valence-corrected chi connectivity index (χ0v) is 47.0. The number of phosphoric ester groups is 2. The van der Waals surface area contributed by atoms with Gasteiger partial charge in [-0.2, -0.15) is 9.29 Å². The topological polar surface area (TPSA) is 231 Å². The molecule has 1 fully saturated rings. The van der Waals surface area contributed by atoms with Gasteiger partial charge in [0.2, 0.25) is 0 Å². The lowest BCUT2D eigenvalue weighted by molar-refractivity contribution is -0.0551. The average molecular weight is 1040 g/mol. The van der Waals surface area contributed by atoms with E-state index in [9.17, 15) is 33.9 Å². The minimum Gasteiger partial charge on any atom is -0.387 e. The number of phosphoric acid groups is 2. The quantitative estimate of drug-likeness (QED) is 0.0303. The molecule has 13 atom stereocenters. The number of rotatable bonds is 42. The summed E-state index contributed by atoms with van der Waals surface area (Å²) in [6.07, 6.45) is 18.4. The molecule has 2 heterocycles. The van der Waals surface area contributed by atoms with Crippen LogP contribution in [0, 0.1) is 47.3 Å². The van der Waals surface area contributed by atoms with Crippen molar-refractivity contribution in [1.29, 1.82) is 0 Å². The Kier molecular flexibility index (Phi) is 32.5. The largest absolute Gasteiger partial charge is 0.481 e. The van der Waals surface area contributed by atoms with Crippen LogP contribution in [0.4, 0.5) is 5.82 Å². The summed E-state index contributed by atoms with van der Waals surface area (Å²) in [4.78, 5) is 36.8. The monoisotopic (exact) mass is 1040 g/mol. The van der Waals surface area contributed by atoms with Gasteiger partial charge in [0, 0.05) is 19.4 Å². The van der Waals surface area contributed by atoms with Crippen LogP contribution in [0.2, 0.25) is 0 Å². The molecule has 0 aliphatic carbocycles. The molecule has 2 rings (SSSR count). The Morgan fingerprint density at radius 2 is 1.03 bits per heavy atom. The van der Waals surface area contributed by atoms with Crippen LogP contribution in [0.1, 0.15) is 204 Å². The molecule has 0 radical (unpaired) electrons. The van der Waals surface area contributed by atoms with Crippen molar-refractivity contribution in [1.82, 2.24) is 9.55 Å². The van der Waals surface area contributed by atoms with Gasteiger partial charge in [0.15, 0.2) is 6.23 Å². The SMILES string of the molecule is CC(C)CCC[C@@H](C)CCC[C@@H](C)CCC[C@@H](C)CCOC(COCC[C@@H](C)CCC[C@@H](C)CCC[C@@H](C)CCCC(C)C)COP(=O)(O)OP(=O)(O)OC[C@H]1O[C@@H](n2ccc(N)nc2=O)C(O)C1O. The van der Waals surface area contributed by atoms with Crippen LogP contribution in [0.5, 0.6) is 0 Å². The first-order valence-electron chi connectivity index (χ1n) is 27.2. The molecule has 1 saturated heterocycles. The first-order valence-corrected chi connectivity index (χ1v) is 30.2. The van der Waals surface area contributed by atoms with Gasteiger partial charge in [0.05, 0.1) is 19.8 Å². The van der Waals surface area contributed by atoms with Crippen molar-refractivity contribution in [2.24, 2.45) is 47.3 Å². The van der Waals surface area contributed by atoms with Crippen molar-refractivity contribution in [2.45, 2.75) is 228 Å². The number of anilines is 1. The first kappa shape index (κ1) is 64.9. The zero-order chi connectivity index (χ0) is 52.3. The minimum atomic E-state index is -5.30. The van der Waals surface area contributed by atoms with Crippen molar-refractivity contribution >= 4 is 21.5 Å². The van der Waals surface area contributed by atoms with Crippen LogP contribution in [0.25, 0.3) is 0 Å². The lowest BCUT2D eigenvalue weighted by Gasteiger charge is -2.22. The van der Waals surface area contributed by atoms with Crippen LogP contribution in [0.3, 0.4) is 0 Å². The number of nitrogens with two attached hydrogens (primary N) is 1. The molecule has 1 aromatic heterocycles. The number of hydrogen-bond donors (Lipinski definition) is 5. The number of ether oxygens (including phenoxy) is 3. The van der Waals surface area contributed by atoms with Crippen molar-refractivity contribution in [3.05, 3.63) is 22.7 Å². The molecule has 1 aromatic rings. The number of aliphatic hydroxyl groups excluding tert-OH is 2. The van der Waals surface area contributed by atoms with Gasteiger partial charge < -0.3 is 39.9 Å². The third-order valence-electron chi connectivity index (χ3n) is 14.0. The van der Waals surface area contributed by atoms with E-state index in [0.717, 1.165) is 60.3 Å². The fraction of sp³-hybridized carbons (Fsp3) is 0.923. The zero-order valence-electron chi connectivity index (χ0n) is 45.2. The van der Waals surface area contributed by atoms with Gasteiger partial charge in [-0.05, 0) is 66.3 Å². The molecule has 1 aliphatic heterocycles. The summed E-state index contributed by atoms with van der Waals surface area (Å²) >= 11 is 0. The first-order chi connectivity index (χ1) is 33.0. The lowest BCUT2D eigenvalue weighted by Crippen LogP contribution is -2.36. The number of nitrogens with zero attached hydrogens (tertiary/aromatic N) is 2. The van der Waals surface area contributed by atoms with Gasteiger partial charge in [0.1, 0.15) is 30.2 Å². The average Bonchev–Trinajstić information content (AvgIpc) is 3.54. The number of aromatic nitrogens is 2. The smallest absolute Gasteiger partial charge is 0.387 e. The highest BCUT2D eigenvalue weighted by molar-refractivity contribution is 7.61. The fourth-order valence-electron chi connectivity index (χ4n) is 9.19. The highest BCUT2D eigenvalue weighted by Gasteiger charge is 2.46. The van der Waals surface area contributed by atoms with E-state index in [-0.39, 0.29) is 12.4 Å². The molecule has 5 unspecified atom stereocenters. The van der Waals surface area contributed by atoms with E-state index in [0.29, 0.717) is 36.9 Å². The molecule has 0 aromatic carbocycles. The van der Waals surface area contributed by atoms with E-state index in [1.165, 1.54) is 109 Å². The van der Waals surface area contributed by atoms with Crippen molar-refractivity contribution < 1.29 is 56.7 Å². The molecular weight excluding hydrogens is 937 g/mol. The molecule has 0 saturated carbocycles. The molecule has 18 heteroatoms. The molecule has 16 nitrogen and oxygen atoms in total. The molecular formula is C52H101N3O13P2. The van der Waals surface area contributed by atoms with Crippen molar-refractivity contribution in [3.63, 3.8) is 0 Å². The summed E-state index contributed by atoms with van der Waals surface area (Å²) in [6.45, 7) is 22.7. The molecule has 0 amide bonds. The van der Waals surface area contributed by atoms with Gasteiger partial charge in [0.25, 0.3) is 0 Å². The minimum absolute atomic E-state index is 0.0678. The van der Waals surface area contributed by atoms with Crippen LogP contribution in [-0.4, -0.2) is 87.0 Å². The molecule has 1 aliphatic rings. The van der Waals surface area contributed by atoms with E-state index < -0.39 is 65.2 Å². The molecule has 0 spiro atoms. The molecule has 412 valence electrons. The van der Waals surface area contributed by atoms with Crippen LogP contribution in [-0.2, 0) is 36.7 Å². The Labute approximate surface area is 423 Å². The summed E-state index contributed by atoms with van der Waals surface area (Å²) in [5, 5.41) is 21.0. The second kappa shape index (κ2) is 35.1. The highest BCUT2D eigenvalue weighted by atomic mass is 31.3. The van der Waals surface area contributed by atoms with Gasteiger partial charge in [-0.25, -0.2) is 13.9 Å². The maximum Gasteiger partial charge on any atom is 0.481 e. The van der Waals surface area contributed by atoms with Crippen LogP contribution < -0.4 is 11.4 Å². The summed E-state index contributed by atoms with van der Waals surface area (Å²) in [6, 6.07) is 1.29. The van der Waals surface area contributed by atoms with Gasteiger partial charge in [-0.1, -0.05) is 185 Å². The Morgan fingerprint density at radius 1 is 0.614 bits per heavy atom. The van der Waals surface area contributed by atoms with Gasteiger partial charge in [-0.3, -0.25) is 13.6 Å². The maximum absolute atomic E-state index is 13.0. The van der Waals surface area contributed by atoms with E-state index >= 15 is 0 Å². The number of hydrogen-bond acceptors (Lipinski definition) is 13. The molecule has 70 heavy (non-hydrogen) atoms. The number of nitrogen functional groups attached to an aromatic ring is 1. The summed E-state index contributed by atoms with van der Waals surface area (Å²) in [5.41, 5.74) is 4.67. The van der Waals surface area contributed by atoms with E-state index in [4.69, 9.17) is 29.0 Å². The fourth-order valence-corrected chi connectivity index (χ4v) is 11.3. The van der Waals surface area contributed by atoms with E-state index in [2.05, 4.69) is 78.5 Å². The van der Waals surface area contributed by atoms with E-state index in [1.54, 1.807) is 0 Å². The Bertz CT molecular complexity index is 1670. The second-order valence-corrected chi connectivity index (χ2v) is 25.4. The third-order valence-corrected chi connectivity index (χ3v) is 16.7. The summed E-state index contributed by atoms with van der Waals surface area (Å²) < 4.78 is 59.1. The predicted octanol–water partition coefficient (Wildman–Crippen LogP) is 12.0. The lowest BCUT2D eigenvalue weighted by atomic mass is 9.91. The second-order valence-electron chi connectivity index (χ2n) is 22.3. The van der Waals surface area contributed by atoms with Crippen molar-refractivity contribution in [3.8, 4) is 0 Å². The summed E-state index contributed by atoms with van der Waals surface area (Å²) in [5.74, 6) is 5.34. The van der Waals surface area contributed by atoms with Gasteiger partial charge >= 0.3 is 21.3 Å². The maximum atomic E-state index is 13.0. The Balaban J connectivity index is 1.85. The van der Waals surface area contributed by atoms with E-state index in [1.807, 2.05) is 0 Å². The highest BCUT2D eigenvalue weighted by Crippen LogP contribution is 2.60. The number of aliphatic hydroxyl groups is 2. The third kappa shape index (κ3) is 29.6. The molecule has 6 N–H and O–H groups in total. The Hall–Kier alpha value is -1.26. The van der Waals surface area contributed by atoms with Crippen molar-refractivity contribution in [2.75, 3.05) is 38.8 Å².